The molecular formula is C28H33N5O5. The van der Waals surface area contributed by atoms with Crippen molar-refractivity contribution in [2.24, 2.45) is 14.1 Å². The monoisotopic (exact) mass is 519 g/mol. The summed E-state index contributed by atoms with van der Waals surface area (Å²) in [4.78, 5) is 43.0. The van der Waals surface area contributed by atoms with E-state index in [0.717, 1.165) is 67.1 Å². The van der Waals surface area contributed by atoms with Crippen LogP contribution in [0.2, 0.25) is 0 Å². The number of anilines is 3. The van der Waals surface area contributed by atoms with E-state index in [9.17, 15) is 19.5 Å². The molecule has 2 aromatic carbocycles. The first-order chi connectivity index (χ1) is 18.3. The lowest BCUT2D eigenvalue weighted by Gasteiger charge is -2.28. The Morgan fingerprint density at radius 3 is 2.55 bits per heavy atom. The van der Waals surface area contributed by atoms with Gasteiger partial charge in [-0.2, -0.15) is 0 Å². The molecule has 0 amide bonds. The summed E-state index contributed by atoms with van der Waals surface area (Å²) in [5.74, 6) is 0.372. The van der Waals surface area contributed by atoms with Gasteiger partial charge in [-0.15, -0.1) is 0 Å². The number of ether oxygens (including phenoxy) is 1. The summed E-state index contributed by atoms with van der Waals surface area (Å²) in [7, 11) is 3.20. The maximum atomic E-state index is 12.4. The lowest BCUT2D eigenvalue weighted by atomic mass is 10.1. The first-order valence-electron chi connectivity index (χ1n) is 12.9. The molecule has 10 nitrogen and oxygen atoms in total. The fourth-order valence-electron chi connectivity index (χ4n) is 5.31. The molecular weight excluding hydrogens is 486 g/mol. The minimum atomic E-state index is -0.965. The third kappa shape index (κ3) is 5.04. The van der Waals surface area contributed by atoms with Gasteiger partial charge in [-0.25, -0.2) is 9.59 Å². The van der Waals surface area contributed by atoms with Gasteiger partial charge in [-0.3, -0.25) is 13.9 Å². The van der Waals surface area contributed by atoms with Crippen molar-refractivity contribution in [1.29, 1.82) is 0 Å². The number of hydrogen-bond donors (Lipinski definition) is 1. The number of fused-ring (bicyclic) bond motifs is 2. The molecule has 1 saturated heterocycles. The van der Waals surface area contributed by atoms with Crippen LogP contribution in [0, 0.1) is 0 Å². The molecule has 0 aliphatic carbocycles. The molecule has 3 heterocycles. The molecule has 3 aromatic rings. The van der Waals surface area contributed by atoms with Gasteiger partial charge in [0.05, 0.1) is 11.3 Å². The van der Waals surface area contributed by atoms with Gasteiger partial charge in [0.2, 0.25) is 0 Å². The molecule has 5 rings (SSSR count). The maximum Gasteiger partial charge on any atom is 0.335 e. The highest BCUT2D eigenvalue weighted by atomic mass is 16.5. The minimum absolute atomic E-state index is 0.231. The van der Waals surface area contributed by atoms with Gasteiger partial charge in [0.25, 0.3) is 5.56 Å². The zero-order valence-corrected chi connectivity index (χ0v) is 21.8. The Bertz CT molecular complexity index is 1460. The lowest BCUT2D eigenvalue weighted by molar-refractivity contribution is 0.0697. The van der Waals surface area contributed by atoms with E-state index in [1.807, 2.05) is 18.2 Å². The molecule has 1 N–H and O–H groups in total. The highest BCUT2D eigenvalue weighted by Gasteiger charge is 2.24. The number of carboxylic acid groups (broad SMARTS) is 1. The maximum absolute atomic E-state index is 12.4. The zero-order valence-electron chi connectivity index (χ0n) is 21.8. The van der Waals surface area contributed by atoms with E-state index in [0.29, 0.717) is 24.7 Å². The van der Waals surface area contributed by atoms with Crippen LogP contribution in [0.4, 0.5) is 17.2 Å². The number of aromatic nitrogens is 2. The van der Waals surface area contributed by atoms with Gasteiger partial charge in [0, 0.05) is 57.6 Å². The SMILES string of the molecule is Cn1c(N2CCCN(CCCN3c4ccccc4COc4ccc(C(=O)O)cc43)CC2)cc(=O)n(C)c1=O. The van der Waals surface area contributed by atoms with Crippen LogP contribution in [-0.4, -0.2) is 64.4 Å². The summed E-state index contributed by atoms with van der Waals surface area (Å²) in [6, 6.07) is 14.6. The molecule has 1 fully saturated rings. The van der Waals surface area contributed by atoms with E-state index in [4.69, 9.17) is 4.74 Å². The molecule has 2 aliphatic rings. The molecule has 38 heavy (non-hydrogen) atoms. The van der Waals surface area contributed by atoms with Crippen LogP contribution in [0.1, 0.15) is 28.8 Å². The molecule has 10 heteroatoms. The van der Waals surface area contributed by atoms with Crippen LogP contribution in [0.3, 0.4) is 0 Å². The average molecular weight is 520 g/mol. The molecule has 0 bridgehead atoms. The van der Waals surface area contributed by atoms with Gasteiger partial charge in [-0.1, -0.05) is 18.2 Å². The second kappa shape index (κ2) is 10.7. The first-order valence-corrected chi connectivity index (χ1v) is 12.9. The summed E-state index contributed by atoms with van der Waals surface area (Å²) in [6.45, 7) is 5.26. The van der Waals surface area contributed by atoms with Gasteiger partial charge in [0.15, 0.2) is 0 Å². The fourth-order valence-corrected chi connectivity index (χ4v) is 5.31. The van der Waals surface area contributed by atoms with E-state index >= 15 is 0 Å². The second-order valence-corrected chi connectivity index (χ2v) is 9.83. The van der Waals surface area contributed by atoms with E-state index < -0.39 is 5.97 Å². The summed E-state index contributed by atoms with van der Waals surface area (Å²) in [5, 5.41) is 9.57. The summed E-state index contributed by atoms with van der Waals surface area (Å²) in [6.07, 6.45) is 1.80. The summed E-state index contributed by atoms with van der Waals surface area (Å²) in [5.41, 5.74) is 2.48. The topological polar surface area (TPSA) is 100 Å². The van der Waals surface area contributed by atoms with E-state index in [1.165, 1.54) is 7.05 Å². The third-order valence-corrected chi connectivity index (χ3v) is 7.43. The van der Waals surface area contributed by atoms with Crippen LogP contribution in [-0.2, 0) is 20.7 Å². The Balaban J connectivity index is 1.29. The highest BCUT2D eigenvalue weighted by molar-refractivity contribution is 5.90. The fraction of sp³-hybridized carbons (Fsp3) is 0.393. The van der Waals surface area contributed by atoms with E-state index in [1.54, 1.807) is 35.9 Å². The lowest BCUT2D eigenvalue weighted by Crippen LogP contribution is -2.41. The van der Waals surface area contributed by atoms with E-state index in [-0.39, 0.29) is 16.8 Å². The van der Waals surface area contributed by atoms with Crippen molar-refractivity contribution < 1.29 is 14.6 Å². The average Bonchev–Trinajstić information content (AvgIpc) is 3.24. The quantitative estimate of drug-likeness (QED) is 0.530. The number of hydrogen-bond acceptors (Lipinski definition) is 7. The molecule has 0 spiro atoms. The number of aromatic carboxylic acids is 1. The molecule has 0 radical (unpaired) electrons. The number of benzene rings is 2. The Morgan fingerprint density at radius 2 is 1.74 bits per heavy atom. The van der Waals surface area contributed by atoms with Gasteiger partial charge in [0.1, 0.15) is 18.2 Å². The van der Waals surface area contributed by atoms with Crippen molar-refractivity contribution in [3.8, 4) is 5.75 Å². The standard InChI is InChI=1S/C28H33N5O5/c1-29-25(18-26(34)30(2)28(29)37)32-13-5-11-31(15-16-32)12-6-14-33-22-8-4-3-7-21(22)19-38-24-10-9-20(27(35)36)17-23(24)33/h3-4,7-10,17-18H,5-6,11-16,19H2,1-2H3,(H,35,36). The highest BCUT2D eigenvalue weighted by Crippen LogP contribution is 2.40. The Kier molecular flexibility index (Phi) is 7.24. The third-order valence-electron chi connectivity index (χ3n) is 7.43. The predicted octanol–water partition coefficient (Wildman–Crippen LogP) is 2.42. The first kappa shape index (κ1) is 25.6. The predicted molar refractivity (Wildman–Crippen MR) is 146 cm³/mol. The van der Waals surface area contributed by atoms with Crippen molar-refractivity contribution in [3.05, 3.63) is 80.5 Å². The molecule has 0 atom stereocenters. The number of rotatable bonds is 6. The molecule has 0 saturated carbocycles. The van der Waals surface area contributed by atoms with Gasteiger partial charge >= 0.3 is 11.7 Å². The molecule has 2 aliphatic heterocycles. The van der Waals surface area contributed by atoms with Crippen LogP contribution in [0.5, 0.6) is 5.75 Å². The smallest absolute Gasteiger partial charge is 0.335 e. The Hall–Kier alpha value is -4.05. The molecule has 0 unspecified atom stereocenters. The van der Waals surface area contributed by atoms with Crippen LogP contribution in [0.15, 0.2) is 58.1 Å². The van der Waals surface area contributed by atoms with Gasteiger partial charge < -0.3 is 24.5 Å². The normalized spacial score (nSPS) is 15.7. The molecule has 1 aromatic heterocycles. The van der Waals surface area contributed by atoms with Crippen molar-refractivity contribution >= 4 is 23.2 Å². The van der Waals surface area contributed by atoms with Crippen LogP contribution < -0.4 is 25.8 Å². The van der Waals surface area contributed by atoms with Gasteiger partial charge in [-0.05, 0) is 50.2 Å². The molecule has 200 valence electrons. The number of carboxylic acids is 1. The number of nitrogens with zero attached hydrogens (tertiary/aromatic N) is 5. The Morgan fingerprint density at radius 1 is 0.921 bits per heavy atom. The summed E-state index contributed by atoms with van der Waals surface area (Å²) < 4.78 is 8.70. The van der Waals surface area contributed by atoms with Crippen LogP contribution in [0.25, 0.3) is 0 Å². The number of para-hydroxylation sites is 1. The Labute approximate surface area is 220 Å². The van der Waals surface area contributed by atoms with Crippen molar-refractivity contribution in [3.63, 3.8) is 0 Å². The van der Waals surface area contributed by atoms with Crippen molar-refractivity contribution in [2.75, 3.05) is 49.1 Å². The number of carbonyl (C=O) groups is 1. The van der Waals surface area contributed by atoms with Crippen molar-refractivity contribution in [2.45, 2.75) is 19.4 Å². The van der Waals surface area contributed by atoms with E-state index in [2.05, 4.69) is 20.8 Å². The van der Waals surface area contributed by atoms with Crippen LogP contribution >= 0.6 is 0 Å². The zero-order chi connectivity index (χ0) is 26.8. The largest absolute Gasteiger partial charge is 0.487 e. The summed E-state index contributed by atoms with van der Waals surface area (Å²) >= 11 is 0. The minimum Gasteiger partial charge on any atom is -0.487 e. The second-order valence-electron chi connectivity index (χ2n) is 9.83. The van der Waals surface area contributed by atoms with Crippen molar-refractivity contribution in [1.82, 2.24) is 14.0 Å².